The number of nitrogens with one attached hydrogen (secondary N) is 2. The Hall–Kier alpha value is -2.56. The van der Waals surface area contributed by atoms with Gasteiger partial charge in [-0.1, -0.05) is 5.21 Å². The number of tetrazole rings is 1. The fraction of sp³-hybridized carbons (Fsp3) is 0.143. The van der Waals surface area contributed by atoms with Crippen LogP contribution in [0.1, 0.15) is 11.4 Å². The molecular formula is C7H6N8. The van der Waals surface area contributed by atoms with Crippen molar-refractivity contribution in [3.05, 3.63) is 23.7 Å². The Balaban J connectivity index is 2.08. The highest BCUT2D eigenvalue weighted by molar-refractivity contribution is 5.49. The van der Waals surface area contributed by atoms with Gasteiger partial charge in [-0.15, -0.1) is 15.3 Å². The second-order valence-electron chi connectivity index (χ2n) is 2.59. The fourth-order valence-corrected chi connectivity index (χ4v) is 0.973. The van der Waals surface area contributed by atoms with Crippen LogP contribution in [0.15, 0.2) is 12.3 Å². The minimum Gasteiger partial charge on any atom is -0.360 e. The molecule has 0 saturated heterocycles. The molecule has 0 bridgehead atoms. The third-order valence-electron chi connectivity index (χ3n) is 1.64. The molecular weight excluding hydrogens is 196 g/mol. The summed E-state index contributed by atoms with van der Waals surface area (Å²) in [6.07, 6.45) is 1.46. The molecule has 0 radical (unpaired) electrons. The molecule has 0 aliphatic carbocycles. The van der Waals surface area contributed by atoms with Crippen LogP contribution < -0.4 is 5.32 Å². The zero-order chi connectivity index (χ0) is 10.5. The van der Waals surface area contributed by atoms with Crippen LogP contribution in [0.4, 0.5) is 5.82 Å². The van der Waals surface area contributed by atoms with Gasteiger partial charge in [-0.05, 0) is 6.07 Å². The number of nitrogens with zero attached hydrogens (tertiary/aromatic N) is 6. The van der Waals surface area contributed by atoms with Gasteiger partial charge in [0.15, 0.2) is 11.6 Å². The van der Waals surface area contributed by atoms with Gasteiger partial charge in [0.1, 0.15) is 6.07 Å². The Labute approximate surface area is 84.3 Å². The topological polar surface area (TPSA) is 116 Å². The second kappa shape index (κ2) is 4.10. The van der Waals surface area contributed by atoms with E-state index in [9.17, 15) is 0 Å². The number of rotatable bonds is 3. The molecule has 2 rings (SSSR count). The summed E-state index contributed by atoms with van der Waals surface area (Å²) < 4.78 is 0. The first kappa shape index (κ1) is 9.01. The minimum absolute atomic E-state index is 0.337. The Morgan fingerprint density at radius 1 is 1.47 bits per heavy atom. The van der Waals surface area contributed by atoms with Crippen LogP contribution in [-0.4, -0.2) is 30.8 Å². The van der Waals surface area contributed by atoms with Crippen LogP contribution >= 0.6 is 0 Å². The summed E-state index contributed by atoms with van der Waals surface area (Å²) in [5, 5.41) is 32.3. The van der Waals surface area contributed by atoms with Crippen LogP contribution in [0, 0.1) is 11.3 Å². The predicted molar refractivity (Wildman–Crippen MR) is 48.3 cm³/mol. The summed E-state index contributed by atoms with van der Waals surface area (Å²) in [6, 6.07) is 3.57. The third-order valence-corrected chi connectivity index (χ3v) is 1.64. The first-order valence-electron chi connectivity index (χ1n) is 4.08. The van der Waals surface area contributed by atoms with Crippen molar-refractivity contribution in [1.82, 2.24) is 30.8 Å². The predicted octanol–water partition coefficient (Wildman–Crippen LogP) is -0.527. The van der Waals surface area contributed by atoms with Gasteiger partial charge in [0.05, 0.1) is 18.3 Å². The Kier molecular flexibility index (Phi) is 2.46. The lowest BCUT2D eigenvalue weighted by Crippen LogP contribution is -2.05. The highest BCUT2D eigenvalue weighted by Crippen LogP contribution is 2.08. The summed E-state index contributed by atoms with van der Waals surface area (Å²) >= 11 is 0. The molecule has 2 heterocycles. The van der Waals surface area contributed by atoms with Crippen molar-refractivity contribution in [2.45, 2.75) is 6.54 Å². The second-order valence-corrected chi connectivity index (χ2v) is 2.59. The number of H-pyrrole nitrogens is 1. The lowest BCUT2D eigenvalue weighted by atomic mass is 10.3. The average Bonchev–Trinajstić information content (AvgIpc) is 2.79. The van der Waals surface area contributed by atoms with Crippen LogP contribution in [0.3, 0.4) is 0 Å². The largest absolute Gasteiger partial charge is 0.360 e. The summed E-state index contributed by atoms with van der Waals surface area (Å²) in [6.45, 7) is 0.337. The van der Waals surface area contributed by atoms with Gasteiger partial charge in [-0.3, -0.25) is 0 Å². The van der Waals surface area contributed by atoms with Gasteiger partial charge in [-0.2, -0.15) is 15.6 Å². The molecule has 0 fully saturated rings. The van der Waals surface area contributed by atoms with E-state index in [0.29, 0.717) is 23.8 Å². The maximum atomic E-state index is 8.77. The quantitative estimate of drug-likeness (QED) is 0.687. The molecule has 0 saturated carbocycles. The third kappa shape index (κ3) is 2.02. The van der Waals surface area contributed by atoms with Gasteiger partial charge < -0.3 is 5.32 Å². The number of anilines is 1. The van der Waals surface area contributed by atoms with Gasteiger partial charge in [-0.25, -0.2) is 0 Å². The fourth-order valence-electron chi connectivity index (χ4n) is 0.973. The smallest absolute Gasteiger partial charge is 0.193 e. The number of hydrogen-bond acceptors (Lipinski definition) is 7. The average molecular weight is 202 g/mol. The number of aromatic amines is 1. The molecule has 8 heteroatoms. The van der Waals surface area contributed by atoms with E-state index in [0.717, 1.165) is 0 Å². The van der Waals surface area contributed by atoms with Gasteiger partial charge in [0.25, 0.3) is 0 Å². The van der Waals surface area contributed by atoms with Crippen molar-refractivity contribution in [2.24, 2.45) is 0 Å². The van der Waals surface area contributed by atoms with E-state index >= 15 is 0 Å². The maximum absolute atomic E-state index is 8.77. The minimum atomic E-state index is 0.337. The summed E-state index contributed by atoms with van der Waals surface area (Å²) in [5.74, 6) is 0.898. The lowest BCUT2D eigenvalue weighted by molar-refractivity contribution is 0.881. The standard InChI is InChI=1S/C7H6N8/c8-3-5-1-2-10-13-7(5)9-4-6-11-14-15-12-6/h1-2H,4H2,(H,9,13)(H,11,12,14,15). The maximum Gasteiger partial charge on any atom is 0.193 e. The van der Waals surface area contributed by atoms with Crippen molar-refractivity contribution in [3.8, 4) is 6.07 Å². The van der Waals surface area contributed by atoms with E-state index in [1.165, 1.54) is 6.20 Å². The van der Waals surface area contributed by atoms with Crippen molar-refractivity contribution in [3.63, 3.8) is 0 Å². The molecule has 0 amide bonds. The highest BCUT2D eigenvalue weighted by atomic mass is 15.5. The van der Waals surface area contributed by atoms with Crippen molar-refractivity contribution in [2.75, 3.05) is 5.32 Å². The summed E-state index contributed by atoms with van der Waals surface area (Å²) in [4.78, 5) is 0. The first-order chi connectivity index (χ1) is 7.40. The molecule has 2 aromatic rings. The van der Waals surface area contributed by atoms with Crippen LogP contribution in [-0.2, 0) is 6.54 Å². The SMILES string of the molecule is N#Cc1ccnnc1NCc1nn[nH]n1. The molecule has 0 aliphatic rings. The molecule has 2 aromatic heterocycles. The summed E-state index contributed by atoms with van der Waals surface area (Å²) in [7, 11) is 0. The zero-order valence-electron chi connectivity index (χ0n) is 7.55. The van der Waals surface area contributed by atoms with E-state index in [2.05, 4.69) is 36.1 Å². The van der Waals surface area contributed by atoms with Gasteiger partial charge in [0.2, 0.25) is 0 Å². The zero-order valence-corrected chi connectivity index (χ0v) is 7.55. The molecule has 0 aliphatic heterocycles. The Morgan fingerprint density at radius 3 is 3.13 bits per heavy atom. The van der Waals surface area contributed by atoms with Crippen LogP contribution in [0.5, 0.6) is 0 Å². The molecule has 0 spiro atoms. The van der Waals surface area contributed by atoms with Gasteiger partial charge in [0, 0.05) is 0 Å². The van der Waals surface area contributed by atoms with Crippen LogP contribution in [0.25, 0.3) is 0 Å². The molecule has 15 heavy (non-hydrogen) atoms. The number of nitriles is 1. The Bertz CT molecular complexity index is 470. The Morgan fingerprint density at radius 2 is 2.40 bits per heavy atom. The van der Waals surface area contributed by atoms with E-state index < -0.39 is 0 Å². The number of aromatic nitrogens is 6. The van der Waals surface area contributed by atoms with E-state index in [1.54, 1.807) is 6.07 Å². The molecule has 74 valence electrons. The molecule has 0 atom stereocenters. The van der Waals surface area contributed by atoms with Crippen molar-refractivity contribution < 1.29 is 0 Å². The molecule has 0 aromatic carbocycles. The summed E-state index contributed by atoms with van der Waals surface area (Å²) in [5.41, 5.74) is 0.425. The molecule has 2 N–H and O–H groups in total. The van der Waals surface area contributed by atoms with E-state index in [1.807, 2.05) is 6.07 Å². The van der Waals surface area contributed by atoms with Gasteiger partial charge >= 0.3 is 0 Å². The van der Waals surface area contributed by atoms with Crippen LogP contribution in [0.2, 0.25) is 0 Å². The normalized spacial score (nSPS) is 9.53. The molecule has 8 nitrogen and oxygen atoms in total. The van der Waals surface area contributed by atoms with Crippen molar-refractivity contribution in [1.29, 1.82) is 5.26 Å². The highest BCUT2D eigenvalue weighted by Gasteiger charge is 2.04. The number of hydrogen-bond donors (Lipinski definition) is 2. The molecule has 0 unspecified atom stereocenters. The van der Waals surface area contributed by atoms with E-state index in [-0.39, 0.29) is 0 Å². The lowest BCUT2D eigenvalue weighted by Gasteiger charge is -2.01. The van der Waals surface area contributed by atoms with Crippen molar-refractivity contribution >= 4 is 5.82 Å². The van der Waals surface area contributed by atoms with E-state index in [4.69, 9.17) is 5.26 Å². The monoisotopic (exact) mass is 202 g/mol. The first-order valence-corrected chi connectivity index (χ1v) is 4.08.